The predicted molar refractivity (Wildman–Crippen MR) is 81.7 cm³/mol. The summed E-state index contributed by atoms with van der Waals surface area (Å²) in [7, 11) is 2.07. The van der Waals surface area contributed by atoms with Crippen molar-refractivity contribution >= 4 is 22.9 Å². The zero-order valence-corrected chi connectivity index (χ0v) is 13.0. The van der Waals surface area contributed by atoms with E-state index in [0.29, 0.717) is 6.04 Å². The van der Waals surface area contributed by atoms with Crippen molar-refractivity contribution in [3.63, 3.8) is 0 Å². The average Bonchev–Trinajstić information content (AvgIpc) is 2.59. The predicted octanol–water partition coefficient (Wildman–Crippen LogP) is 5.33. The van der Waals surface area contributed by atoms with Crippen LogP contribution in [-0.4, -0.2) is 7.05 Å². The van der Waals surface area contributed by atoms with Gasteiger partial charge >= 0.3 is 0 Å². The summed E-state index contributed by atoms with van der Waals surface area (Å²) < 4.78 is 0.950. The maximum absolute atomic E-state index is 6.19. The summed E-state index contributed by atoms with van der Waals surface area (Å²) in [5.41, 5.74) is 1.22. The Morgan fingerprint density at radius 3 is 2.50 bits per heavy atom. The monoisotopic (exact) mass is 285 g/mol. The van der Waals surface area contributed by atoms with Gasteiger partial charge in [0, 0.05) is 10.9 Å². The number of aryl methyl sites for hydroxylation is 1. The van der Waals surface area contributed by atoms with Gasteiger partial charge in [0.2, 0.25) is 0 Å². The Morgan fingerprint density at radius 1 is 1.33 bits per heavy atom. The number of rotatable bonds is 4. The SMILES string of the molecule is CNC(CC1CCCCCC1)c1cc(C)c(Cl)s1. The lowest BCUT2D eigenvalue weighted by Crippen LogP contribution is -2.19. The molecule has 0 aliphatic heterocycles. The average molecular weight is 286 g/mol. The highest BCUT2D eigenvalue weighted by Crippen LogP contribution is 2.36. The fourth-order valence-electron chi connectivity index (χ4n) is 2.96. The van der Waals surface area contributed by atoms with Crippen molar-refractivity contribution in [2.45, 2.75) is 57.9 Å². The Hall–Kier alpha value is -0.0500. The largest absolute Gasteiger partial charge is 0.312 e. The van der Waals surface area contributed by atoms with Crippen molar-refractivity contribution in [1.82, 2.24) is 5.32 Å². The van der Waals surface area contributed by atoms with E-state index in [1.165, 1.54) is 55.4 Å². The lowest BCUT2D eigenvalue weighted by Gasteiger charge is -2.21. The van der Waals surface area contributed by atoms with Crippen LogP contribution in [0.4, 0.5) is 0 Å². The molecule has 1 fully saturated rings. The highest BCUT2D eigenvalue weighted by molar-refractivity contribution is 7.16. The number of hydrogen-bond donors (Lipinski definition) is 1. The second-order valence-electron chi connectivity index (χ2n) is 5.54. The van der Waals surface area contributed by atoms with E-state index in [4.69, 9.17) is 11.6 Å². The molecule has 1 heterocycles. The number of hydrogen-bond acceptors (Lipinski definition) is 2. The molecule has 3 heteroatoms. The smallest absolute Gasteiger partial charge is 0.0960 e. The van der Waals surface area contributed by atoms with Crippen LogP contribution in [0.3, 0.4) is 0 Å². The minimum Gasteiger partial charge on any atom is -0.312 e. The molecular formula is C15H24ClNS. The highest BCUT2D eigenvalue weighted by Gasteiger charge is 2.20. The van der Waals surface area contributed by atoms with Gasteiger partial charge < -0.3 is 5.32 Å². The Morgan fingerprint density at radius 2 is 2.00 bits per heavy atom. The Kier molecular flexibility index (Phi) is 5.53. The van der Waals surface area contributed by atoms with E-state index in [2.05, 4.69) is 25.4 Å². The lowest BCUT2D eigenvalue weighted by molar-refractivity contribution is 0.370. The van der Waals surface area contributed by atoms with E-state index < -0.39 is 0 Å². The molecule has 0 aromatic carbocycles. The molecule has 1 aromatic rings. The zero-order valence-electron chi connectivity index (χ0n) is 11.5. The first-order chi connectivity index (χ1) is 8.70. The summed E-state index contributed by atoms with van der Waals surface area (Å²) >= 11 is 7.93. The van der Waals surface area contributed by atoms with Gasteiger partial charge in [0.1, 0.15) is 0 Å². The first-order valence-electron chi connectivity index (χ1n) is 7.13. The van der Waals surface area contributed by atoms with Crippen molar-refractivity contribution in [2.75, 3.05) is 7.05 Å². The van der Waals surface area contributed by atoms with Crippen LogP contribution in [0.15, 0.2) is 6.07 Å². The normalized spacial score (nSPS) is 19.7. The summed E-state index contributed by atoms with van der Waals surface area (Å²) in [5.74, 6) is 0.895. The molecule has 1 atom stereocenters. The minimum absolute atomic E-state index is 0.490. The standard InChI is InChI=1S/C15H24ClNS/c1-11-9-14(18-15(11)16)13(17-2)10-12-7-5-3-4-6-8-12/h9,12-13,17H,3-8,10H2,1-2H3. The van der Waals surface area contributed by atoms with E-state index >= 15 is 0 Å². The molecule has 18 heavy (non-hydrogen) atoms. The van der Waals surface area contributed by atoms with Gasteiger partial charge in [0.05, 0.1) is 4.34 Å². The maximum atomic E-state index is 6.19. The van der Waals surface area contributed by atoms with E-state index in [1.807, 2.05) is 0 Å². The maximum Gasteiger partial charge on any atom is 0.0960 e. The van der Waals surface area contributed by atoms with Gasteiger partial charge in [-0.3, -0.25) is 0 Å². The third-order valence-electron chi connectivity index (χ3n) is 4.11. The first kappa shape index (κ1) is 14.4. The molecule has 2 rings (SSSR count). The van der Waals surface area contributed by atoms with E-state index in [-0.39, 0.29) is 0 Å². The molecule has 1 nitrogen and oxygen atoms in total. The van der Waals surface area contributed by atoms with Crippen LogP contribution >= 0.6 is 22.9 Å². The summed E-state index contributed by atoms with van der Waals surface area (Å²) in [4.78, 5) is 1.41. The third kappa shape index (κ3) is 3.72. The van der Waals surface area contributed by atoms with Crippen LogP contribution in [0.2, 0.25) is 4.34 Å². The molecule has 1 aromatic heterocycles. The molecule has 102 valence electrons. The van der Waals surface area contributed by atoms with E-state index in [9.17, 15) is 0 Å². The van der Waals surface area contributed by atoms with Gasteiger partial charge in [-0.1, -0.05) is 50.1 Å². The van der Waals surface area contributed by atoms with Crippen LogP contribution in [0, 0.1) is 12.8 Å². The molecule has 0 amide bonds. The second kappa shape index (κ2) is 6.93. The Bertz CT molecular complexity index is 347. The van der Waals surface area contributed by atoms with Crippen LogP contribution in [0.1, 0.15) is 61.4 Å². The molecule has 1 unspecified atom stereocenters. The van der Waals surface area contributed by atoms with Crippen LogP contribution in [0.25, 0.3) is 0 Å². The molecular weight excluding hydrogens is 262 g/mol. The molecule has 0 bridgehead atoms. The third-order valence-corrected chi connectivity index (χ3v) is 5.78. The molecule has 0 saturated heterocycles. The van der Waals surface area contributed by atoms with Crippen molar-refractivity contribution in [3.8, 4) is 0 Å². The molecule has 1 aliphatic carbocycles. The topological polar surface area (TPSA) is 12.0 Å². The molecule has 1 aliphatic rings. The molecule has 1 N–H and O–H groups in total. The summed E-state index contributed by atoms with van der Waals surface area (Å²) in [5, 5.41) is 3.48. The van der Waals surface area contributed by atoms with Gasteiger partial charge in [0.15, 0.2) is 0 Å². The Labute approximate surface area is 120 Å². The van der Waals surface area contributed by atoms with Gasteiger partial charge in [0.25, 0.3) is 0 Å². The van der Waals surface area contributed by atoms with Crippen molar-refractivity contribution in [2.24, 2.45) is 5.92 Å². The van der Waals surface area contributed by atoms with E-state index in [1.54, 1.807) is 11.3 Å². The highest BCUT2D eigenvalue weighted by atomic mass is 35.5. The number of halogens is 1. The summed E-state index contributed by atoms with van der Waals surface area (Å²) in [6.07, 6.45) is 9.81. The molecule has 1 saturated carbocycles. The Balaban J connectivity index is 1.99. The molecule has 0 radical (unpaired) electrons. The quantitative estimate of drug-likeness (QED) is 0.737. The van der Waals surface area contributed by atoms with E-state index in [0.717, 1.165) is 10.3 Å². The minimum atomic E-state index is 0.490. The zero-order chi connectivity index (χ0) is 13.0. The lowest BCUT2D eigenvalue weighted by atomic mass is 9.92. The van der Waals surface area contributed by atoms with Crippen molar-refractivity contribution in [1.29, 1.82) is 0 Å². The fraction of sp³-hybridized carbons (Fsp3) is 0.733. The van der Waals surface area contributed by atoms with Crippen LogP contribution < -0.4 is 5.32 Å². The number of nitrogens with one attached hydrogen (secondary N) is 1. The van der Waals surface area contributed by atoms with Crippen LogP contribution in [-0.2, 0) is 0 Å². The first-order valence-corrected chi connectivity index (χ1v) is 8.33. The molecule has 0 spiro atoms. The van der Waals surface area contributed by atoms with Crippen molar-refractivity contribution < 1.29 is 0 Å². The number of thiophene rings is 1. The van der Waals surface area contributed by atoms with Gasteiger partial charge in [-0.2, -0.15) is 0 Å². The van der Waals surface area contributed by atoms with Gasteiger partial charge in [-0.05, 0) is 37.9 Å². The van der Waals surface area contributed by atoms with Gasteiger partial charge in [-0.25, -0.2) is 0 Å². The van der Waals surface area contributed by atoms with Crippen molar-refractivity contribution in [3.05, 3.63) is 20.8 Å². The summed E-state index contributed by atoms with van der Waals surface area (Å²) in [6, 6.07) is 2.74. The second-order valence-corrected chi connectivity index (χ2v) is 7.23. The summed E-state index contributed by atoms with van der Waals surface area (Å²) in [6.45, 7) is 2.10. The van der Waals surface area contributed by atoms with Gasteiger partial charge in [-0.15, -0.1) is 11.3 Å². The van der Waals surface area contributed by atoms with Crippen LogP contribution in [0.5, 0.6) is 0 Å². The fourth-order valence-corrected chi connectivity index (χ4v) is 4.31.